The molecule has 0 saturated heterocycles. The fraction of sp³-hybridized carbons (Fsp3) is 0.300. The van der Waals surface area contributed by atoms with E-state index in [1.54, 1.807) is 0 Å². The molecule has 1 aromatic rings. The van der Waals surface area contributed by atoms with E-state index in [9.17, 15) is 23.3 Å². The van der Waals surface area contributed by atoms with Gasteiger partial charge < -0.3 is 5.32 Å². The average Bonchev–Trinajstić information content (AvgIpc) is 2.27. The molecule has 0 fully saturated rings. The van der Waals surface area contributed by atoms with Gasteiger partial charge in [0.25, 0.3) is 0 Å². The minimum Gasteiger partial charge on any atom is -0.378 e. The minimum absolute atomic E-state index is 0.138. The lowest BCUT2D eigenvalue weighted by Crippen LogP contribution is -2.11. The molecule has 8 heteroatoms. The van der Waals surface area contributed by atoms with Crippen LogP contribution in [-0.2, 0) is 6.18 Å². The molecular formula is C10H8F3N3O2. The van der Waals surface area contributed by atoms with Crippen molar-refractivity contribution < 1.29 is 18.1 Å². The van der Waals surface area contributed by atoms with Gasteiger partial charge in [0.1, 0.15) is 17.6 Å². The summed E-state index contributed by atoms with van der Waals surface area (Å²) in [6.07, 6.45) is 1.13. The summed E-state index contributed by atoms with van der Waals surface area (Å²) >= 11 is 0. The van der Waals surface area contributed by atoms with Gasteiger partial charge in [0.05, 0.1) is 4.92 Å². The number of nitrogens with zero attached hydrogens (tertiary/aromatic N) is 2. The monoisotopic (exact) mass is 259 g/mol. The van der Waals surface area contributed by atoms with Crippen LogP contribution in [0.4, 0.5) is 24.5 Å². The Balaban J connectivity index is 3.09. The summed E-state index contributed by atoms with van der Waals surface area (Å²) in [5.74, 6) is 2.26. The molecule has 1 N–H and O–H groups in total. The maximum Gasteiger partial charge on any atom is 0.433 e. The van der Waals surface area contributed by atoms with Crippen LogP contribution in [0.1, 0.15) is 12.1 Å². The van der Waals surface area contributed by atoms with Crippen molar-refractivity contribution in [1.29, 1.82) is 0 Å². The van der Waals surface area contributed by atoms with Crippen LogP contribution in [0.15, 0.2) is 12.3 Å². The van der Waals surface area contributed by atoms with Gasteiger partial charge in [-0.3, -0.25) is 10.1 Å². The van der Waals surface area contributed by atoms with Crippen LogP contribution in [0.25, 0.3) is 0 Å². The highest BCUT2D eigenvalue weighted by molar-refractivity contribution is 5.61. The first kappa shape index (κ1) is 13.8. The van der Waals surface area contributed by atoms with E-state index in [0.29, 0.717) is 12.3 Å². The van der Waals surface area contributed by atoms with Crippen LogP contribution in [0.3, 0.4) is 0 Å². The third kappa shape index (κ3) is 3.35. The number of alkyl halides is 3. The molecule has 5 nitrogen and oxygen atoms in total. The highest BCUT2D eigenvalue weighted by atomic mass is 19.4. The van der Waals surface area contributed by atoms with Crippen molar-refractivity contribution in [2.75, 3.05) is 11.9 Å². The van der Waals surface area contributed by atoms with Crippen molar-refractivity contribution >= 4 is 11.4 Å². The van der Waals surface area contributed by atoms with E-state index in [4.69, 9.17) is 6.42 Å². The second kappa shape index (κ2) is 5.35. The Bertz CT molecular complexity index is 494. The first-order valence-electron chi connectivity index (χ1n) is 4.75. The molecule has 0 aliphatic carbocycles. The third-order valence-electron chi connectivity index (χ3n) is 1.95. The molecule has 0 aromatic carbocycles. The van der Waals surface area contributed by atoms with Crippen molar-refractivity contribution in [2.45, 2.75) is 12.6 Å². The van der Waals surface area contributed by atoms with Crippen molar-refractivity contribution in [3.05, 3.63) is 28.1 Å². The fourth-order valence-electron chi connectivity index (χ4n) is 1.16. The van der Waals surface area contributed by atoms with E-state index in [1.807, 2.05) is 0 Å². The molecule has 0 aliphatic heterocycles. The first-order chi connectivity index (χ1) is 8.36. The molecule has 96 valence electrons. The third-order valence-corrected chi connectivity index (χ3v) is 1.95. The molecule has 0 aliphatic rings. The molecule has 1 rings (SSSR count). The number of aromatic nitrogens is 1. The minimum atomic E-state index is -4.66. The normalized spacial score (nSPS) is 10.8. The Morgan fingerprint density at radius 2 is 2.22 bits per heavy atom. The Morgan fingerprint density at radius 3 is 2.72 bits per heavy atom. The Kier molecular flexibility index (Phi) is 4.09. The van der Waals surface area contributed by atoms with Crippen molar-refractivity contribution in [1.82, 2.24) is 4.98 Å². The molecule has 0 amide bonds. The summed E-state index contributed by atoms with van der Waals surface area (Å²) in [6, 6.07) is 0.592. The van der Waals surface area contributed by atoms with Crippen LogP contribution >= 0.6 is 0 Å². The van der Waals surface area contributed by atoms with E-state index >= 15 is 0 Å². The van der Waals surface area contributed by atoms with Crippen molar-refractivity contribution in [3.8, 4) is 12.3 Å². The molecule has 0 radical (unpaired) electrons. The molecule has 0 atom stereocenters. The zero-order valence-electron chi connectivity index (χ0n) is 8.99. The Labute approximate surface area is 100 Å². The first-order valence-corrected chi connectivity index (χ1v) is 4.75. The SMILES string of the molecule is C#CCCNc1cc(C(F)(F)F)ncc1[N+](=O)[O-]. The standard InChI is InChI=1S/C10H8F3N3O2/c1-2-3-4-14-7-5-9(10(11,12)13)15-6-8(7)16(17)18/h1,5-6H,3-4H2,(H,14,15). The van der Waals surface area contributed by atoms with E-state index in [1.165, 1.54) is 0 Å². The predicted molar refractivity (Wildman–Crippen MR) is 57.8 cm³/mol. The average molecular weight is 259 g/mol. The highest BCUT2D eigenvalue weighted by Gasteiger charge is 2.34. The van der Waals surface area contributed by atoms with Gasteiger partial charge in [-0.15, -0.1) is 12.3 Å². The Morgan fingerprint density at radius 1 is 1.56 bits per heavy atom. The van der Waals surface area contributed by atoms with Crippen molar-refractivity contribution in [3.63, 3.8) is 0 Å². The van der Waals surface area contributed by atoms with Gasteiger partial charge in [0.15, 0.2) is 0 Å². The van der Waals surface area contributed by atoms with E-state index in [-0.39, 0.29) is 18.7 Å². The number of hydrogen-bond donors (Lipinski definition) is 1. The number of hydrogen-bond acceptors (Lipinski definition) is 4. The summed E-state index contributed by atoms with van der Waals surface area (Å²) in [7, 11) is 0. The lowest BCUT2D eigenvalue weighted by atomic mass is 10.2. The molecule has 0 spiro atoms. The van der Waals surface area contributed by atoms with Gasteiger partial charge in [-0.25, -0.2) is 4.98 Å². The zero-order valence-corrected chi connectivity index (χ0v) is 8.99. The van der Waals surface area contributed by atoms with Crippen LogP contribution in [-0.4, -0.2) is 16.5 Å². The largest absolute Gasteiger partial charge is 0.433 e. The zero-order chi connectivity index (χ0) is 13.8. The molecule has 1 heterocycles. The molecule has 1 aromatic heterocycles. The topological polar surface area (TPSA) is 68.1 Å². The van der Waals surface area contributed by atoms with Gasteiger partial charge in [-0.2, -0.15) is 13.2 Å². The van der Waals surface area contributed by atoms with Gasteiger partial charge in [-0.1, -0.05) is 0 Å². The maximum absolute atomic E-state index is 12.4. The summed E-state index contributed by atoms with van der Waals surface area (Å²) < 4.78 is 37.2. The van der Waals surface area contributed by atoms with Crippen LogP contribution in [0, 0.1) is 22.5 Å². The van der Waals surface area contributed by atoms with Crippen LogP contribution < -0.4 is 5.32 Å². The number of rotatable bonds is 4. The van der Waals surface area contributed by atoms with Crippen LogP contribution in [0.2, 0.25) is 0 Å². The predicted octanol–water partition coefficient (Wildman–Crippen LogP) is 2.44. The van der Waals surface area contributed by atoms with E-state index in [0.717, 1.165) is 0 Å². The highest BCUT2D eigenvalue weighted by Crippen LogP contribution is 2.32. The summed E-state index contributed by atoms with van der Waals surface area (Å²) in [5.41, 5.74) is -1.98. The number of halogens is 3. The molecule has 18 heavy (non-hydrogen) atoms. The van der Waals surface area contributed by atoms with Gasteiger partial charge >= 0.3 is 11.9 Å². The fourth-order valence-corrected chi connectivity index (χ4v) is 1.16. The number of anilines is 1. The molecule has 0 unspecified atom stereocenters. The lowest BCUT2D eigenvalue weighted by molar-refractivity contribution is -0.384. The second-order valence-electron chi connectivity index (χ2n) is 3.22. The van der Waals surface area contributed by atoms with Gasteiger partial charge in [0, 0.05) is 13.0 Å². The van der Waals surface area contributed by atoms with Crippen LogP contribution in [0.5, 0.6) is 0 Å². The van der Waals surface area contributed by atoms with Crippen molar-refractivity contribution in [2.24, 2.45) is 0 Å². The summed E-state index contributed by atoms with van der Waals surface area (Å²) in [5, 5.41) is 13.1. The van der Waals surface area contributed by atoms with E-state index in [2.05, 4.69) is 16.2 Å². The number of pyridine rings is 1. The quantitative estimate of drug-likeness (QED) is 0.390. The maximum atomic E-state index is 12.4. The number of terminal acetylenes is 1. The smallest absolute Gasteiger partial charge is 0.378 e. The molecule has 0 bridgehead atoms. The summed E-state index contributed by atoms with van der Waals surface area (Å²) in [6.45, 7) is 0.138. The van der Waals surface area contributed by atoms with Gasteiger partial charge in [0.2, 0.25) is 0 Å². The molecular weight excluding hydrogens is 251 g/mol. The molecule has 0 saturated carbocycles. The second-order valence-corrected chi connectivity index (χ2v) is 3.22. The van der Waals surface area contributed by atoms with E-state index < -0.39 is 22.5 Å². The Hall–Kier alpha value is -2.30. The lowest BCUT2D eigenvalue weighted by Gasteiger charge is -2.09. The summed E-state index contributed by atoms with van der Waals surface area (Å²) in [4.78, 5) is 12.8. The number of nitro groups is 1. The number of nitrogens with one attached hydrogen (secondary N) is 1. The van der Waals surface area contributed by atoms with Gasteiger partial charge in [-0.05, 0) is 6.07 Å².